The van der Waals surface area contributed by atoms with Gasteiger partial charge >= 0.3 is 0 Å². The number of piperidine rings is 1. The lowest BCUT2D eigenvalue weighted by Crippen LogP contribution is -2.40. The van der Waals surface area contributed by atoms with E-state index in [9.17, 15) is 0 Å². The van der Waals surface area contributed by atoms with Crippen molar-refractivity contribution in [2.75, 3.05) is 39.9 Å². The summed E-state index contributed by atoms with van der Waals surface area (Å²) in [4.78, 5) is 2.59. The summed E-state index contributed by atoms with van der Waals surface area (Å²) >= 11 is 0. The maximum absolute atomic E-state index is 5.87. The molecule has 1 aliphatic rings. The van der Waals surface area contributed by atoms with E-state index < -0.39 is 0 Å². The molecule has 2 N–H and O–H groups in total. The Kier molecular flexibility index (Phi) is 7.09. The maximum atomic E-state index is 5.87. The molecule has 1 rings (SSSR count). The van der Waals surface area contributed by atoms with Gasteiger partial charge in [-0.2, -0.15) is 0 Å². The Morgan fingerprint density at radius 2 is 1.94 bits per heavy atom. The molecule has 1 fully saturated rings. The molecule has 17 heavy (non-hydrogen) atoms. The minimum absolute atomic E-state index is 0.675. The van der Waals surface area contributed by atoms with Crippen molar-refractivity contribution < 1.29 is 4.74 Å². The molecule has 1 aliphatic heterocycles. The van der Waals surface area contributed by atoms with Crippen LogP contribution in [0.4, 0.5) is 0 Å². The van der Waals surface area contributed by atoms with Gasteiger partial charge in [-0.05, 0) is 56.7 Å². The second-order valence-corrected chi connectivity index (χ2v) is 5.93. The van der Waals surface area contributed by atoms with Crippen molar-refractivity contribution in [2.24, 2.45) is 23.5 Å². The Labute approximate surface area is 107 Å². The lowest BCUT2D eigenvalue weighted by molar-refractivity contribution is 0.0912. The Morgan fingerprint density at radius 1 is 1.29 bits per heavy atom. The minimum Gasteiger partial charge on any atom is -0.384 e. The highest BCUT2D eigenvalue weighted by Crippen LogP contribution is 2.20. The average molecular weight is 242 g/mol. The second kappa shape index (κ2) is 8.06. The van der Waals surface area contributed by atoms with E-state index in [2.05, 4.69) is 18.7 Å². The summed E-state index contributed by atoms with van der Waals surface area (Å²) in [7, 11) is 1.81. The molecule has 3 nitrogen and oxygen atoms in total. The second-order valence-electron chi connectivity index (χ2n) is 5.93. The van der Waals surface area contributed by atoms with Crippen LogP contribution in [0, 0.1) is 17.8 Å². The first-order valence-electron chi connectivity index (χ1n) is 7.07. The van der Waals surface area contributed by atoms with Crippen LogP contribution < -0.4 is 5.73 Å². The van der Waals surface area contributed by atoms with Gasteiger partial charge in [0.25, 0.3) is 0 Å². The number of methoxy groups -OCH3 is 1. The molecule has 0 aliphatic carbocycles. The third-order valence-electron chi connectivity index (χ3n) is 3.76. The Bertz CT molecular complexity index is 189. The molecular formula is C14H30N2O. The zero-order valence-electron chi connectivity index (χ0n) is 11.8. The van der Waals surface area contributed by atoms with Gasteiger partial charge in [0.2, 0.25) is 0 Å². The van der Waals surface area contributed by atoms with Crippen LogP contribution in [0.5, 0.6) is 0 Å². The van der Waals surface area contributed by atoms with Crippen LogP contribution in [-0.4, -0.2) is 44.8 Å². The van der Waals surface area contributed by atoms with E-state index in [0.29, 0.717) is 5.92 Å². The van der Waals surface area contributed by atoms with E-state index in [0.717, 1.165) is 25.0 Å². The van der Waals surface area contributed by atoms with Crippen molar-refractivity contribution >= 4 is 0 Å². The van der Waals surface area contributed by atoms with Gasteiger partial charge in [0.1, 0.15) is 0 Å². The van der Waals surface area contributed by atoms with Gasteiger partial charge in [-0.25, -0.2) is 0 Å². The zero-order chi connectivity index (χ0) is 12.7. The van der Waals surface area contributed by atoms with E-state index in [1.165, 1.54) is 38.9 Å². The number of hydrogen-bond acceptors (Lipinski definition) is 3. The van der Waals surface area contributed by atoms with Crippen molar-refractivity contribution in [1.82, 2.24) is 4.90 Å². The van der Waals surface area contributed by atoms with Gasteiger partial charge in [-0.15, -0.1) is 0 Å². The summed E-state index contributed by atoms with van der Waals surface area (Å²) in [5.74, 6) is 2.21. The van der Waals surface area contributed by atoms with E-state index in [1.54, 1.807) is 7.11 Å². The van der Waals surface area contributed by atoms with Crippen molar-refractivity contribution in [2.45, 2.75) is 33.1 Å². The molecular weight excluding hydrogens is 212 g/mol. The van der Waals surface area contributed by atoms with Gasteiger partial charge in [0.15, 0.2) is 0 Å². The predicted molar refractivity (Wildman–Crippen MR) is 73.0 cm³/mol. The highest BCUT2D eigenvalue weighted by atomic mass is 16.5. The molecule has 1 unspecified atom stereocenters. The largest absolute Gasteiger partial charge is 0.384 e. The highest BCUT2D eigenvalue weighted by Gasteiger charge is 2.21. The summed E-state index contributed by atoms with van der Waals surface area (Å²) in [5, 5.41) is 0. The fourth-order valence-corrected chi connectivity index (χ4v) is 2.85. The minimum atomic E-state index is 0.675. The van der Waals surface area contributed by atoms with Crippen LogP contribution in [0.2, 0.25) is 0 Å². The number of rotatable bonds is 7. The molecule has 0 aromatic carbocycles. The summed E-state index contributed by atoms with van der Waals surface area (Å²) < 4.78 is 5.23. The molecule has 102 valence electrons. The van der Waals surface area contributed by atoms with Gasteiger partial charge in [-0.3, -0.25) is 0 Å². The summed E-state index contributed by atoms with van der Waals surface area (Å²) in [6, 6.07) is 0. The monoisotopic (exact) mass is 242 g/mol. The standard InChI is InChI=1S/C14H30N2O/c1-12(2)8-14(9-15)10-16-6-4-13(5-7-16)11-17-3/h12-14H,4-11,15H2,1-3H3. The molecule has 0 aromatic rings. The fourth-order valence-electron chi connectivity index (χ4n) is 2.85. The predicted octanol–water partition coefficient (Wildman–Crippen LogP) is 1.97. The van der Waals surface area contributed by atoms with Crippen LogP contribution in [-0.2, 0) is 4.74 Å². The molecule has 1 heterocycles. The number of nitrogens with zero attached hydrogens (tertiary/aromatic N) is 1. The highest BCUT2D eigenvalue weighted by molar-refractivity contribution is 4.75. The molecule has 0 aromatic heterocycles. The van der Waals surface area contributed by atoms with E-state index in [1.807, 2.05) is 0 Å². The van der Waals surface area contributed by atoms with Crippen LogP contribution in [0.15, 0.2) is 0 Å². The first kappa shape index (κ1) is 14.9. The van der Waals surface area contributed by atoms with Crippen LogP contribution in [0.25, 0.3) is 0 Å². The van der Waals surface area contributed by atoms with Crippen molar-refractivity contribution in [3.05, 3.63) is 0 Å². The fraction of sp³-hybridized carbons (Fsp3) is 1.00. The third kappa shape index (κ3) is 5.84. The molecule has 0 radical (unpaired) electrons. The van der Waals surface area contributed by atoms with Crippen LogP contribution in [0.1, 0.15) is 33.1 Å². The summed E-state index contributed by atoms with van der Waals surface area (Å²) in [6.45, 7) is 9.97. The third-order valence-corrected chi connectivity index (χ3v) is 3.76. The molecule has 1 atom stereocenters. The van der Waals surface area contributed by atoms with Crippen molar-refractivity contribution in [3.63, 3.8) is 0 Å². The SMILES string of the molecule is COCC1CCN(CC(CN)CC(C)C)CC1. The summed E-state index contributed by atoms with van der Waals surface area (Å²) in [6.07, 6.45) is 3.83. The first-order valence-corrected chi connectivity index (χ1v) is 7.07. The van der Waals surface area contributed by atoms with Gasteiger partial charge in [0, 0.05) is 20.3 Å². The van der Waals surface area contributed by atoms with Gasteiger partial charge in [-0.1, -0.05) is 13.8 Å². The molecule has 0 spiro atoms. The first-order chi connectivity index (χ1) is 8.15. The maximum Gasteiger partial charge on any atom is 0.0491 e. The Morgan fingerprint density at radius 3 is 2.41 bits per heavy atom. The Balaban J connectivity index is 2.23. The number of likely N-dealkylation sites (tertiary alicyclic amines) is 1. The van der Waals surface area contributed by atoms with Crippen LogP contribution in [0.3, 0.4) is 0 Å². The van der Waals surface area contributed by atoms with Gasteiger partial charge in [0.05, 0.1) is 0 Å². The quantitative estimate of drug-likeness (QED) is 0.742. The normalized spacial score (nSPS) is 21.0. The van der Waals surface area contributed by atoms with E-state index in [-0.39, 0.29) is 0 Å². The van der Waals surface area contributed by atoms with Gasteiger partial charge < -0.3 is 15.4 Å². The molecule has 0 saturated carbocycles. The lowest BCUT2D eigenvalue weighted by atomic mass is 9.93. The molecule has 3 heteroatoms. The molecule has 0 amide bonds. The number of hydrogen-bond donors (Lipinski definition) is 1. The van der Waals surface area contributed by atoms with Crippen molar-refractivity contribution in [1.29, 1.82) is 0 Å². The lowest BCUT2D eigenvalue weighted by Gasteiger charge is -2.34. The molecule has 1 saturated heterocycles. The molecule has 0 bridgehead atoms. The summed E-state index contributed by atoms with van der Waals surface area (Å²) in [5.41, 5.74) is 5.87. The van der Waals surface area contributed by atoms with Crippen molar-refractivity contribution in [3.8, 4) is 0 Å². The topological polar surface area (TPSA) is 38.5 Å². The van der Waals surface area contributed by atoms with Crippen LogP contribution >= 0.6 is 0 Å². The number of ether oxygens (including phenoxy) is 1. The average Bonchev–Trinajstić information content (AvgIpc) is 2.30. The van der Waals surface area contributed by atoms with E-state index >= 15 is 0 Å². The zero-order valence-corrected chi connectivity index (χ0v) is 11.8. The van der Waals surface area contributed by atoms with E-state index in [4.69, 9.17) is 10.5 Å². The Hall–Kier alpha value is -0.120. The number of nitrogens with two attached hydrogens (primary N) is 1. The smallest absolute Gasteiger partial charge is 0.0491 e.